The Morgan fingerprint density at radius 2 is 1.19 bits per heavy atom. The molecule has 1 heterocycles. The van der Waals surface area contributed by atoms with Gasteiger partial charge in [-0.3, -0.25) is 19.3 Å². The predicted molar refractivity (Wildman–Crippen MR) is 214 cm³/mol. The van der Waals surface area contributed by atoms with Gasteiger partial charge in [0.1, 0.15) is 0 Å². The number of amides is 3. The van der Waals surface area contributed by atoms with Crippen molar-refractivity contribution >= 4 is 66.5 Å². The number of rotatable bonds is 8. The van der Waals surface area contributed by atoms with E-state index in [0.29, 0.717) is 45.5 Å². The second-order valence-electron chi connectivity index (χ2n) is 16.0. The van der Waals surface area contributed by atoms with Crippen LogP contribution in [0.1, 0.15) is 103 Å². The summed E-state index contributed by atoms with van der Waals surface area (Å²) in [6, 6.07) is 21.0. The van der Waals surface area contributed by atoms with Gasteiger partial charge < -0.3 is 11.5 Å². The summed E-state index contributed by atoms with van der Waals surface area (Å²) in [5.41, 5.74) is 17.0. The molecule has 0 unspecified atom stereocenters. The van der Waals surface area contributed by atoms with Crippen LogP contribution in [0.5, 0.6) is 0 Å². The van der Waals surface area contributed by atoms with Gasteiger partial charge in [-0.1, -0.05) is 85.4 Å². The molecule has 0 bridgehead atoms. The van der Waals surface area contributed by atoms with Crippen LogP contribution in [0.3, 0.4) is 0 Å². The molecule has 1 aliphatic rings. The fourth-order valence-corrected chi connectivity index (χ4v) is 9.09. The first-order valence-corrected chi connectivity index (χ1v) is 18.5. The number of carbonyl (C=O) groups is 3. The number of fused-ring (bicyclic) bond motifs is 2. The highest BCUT2D eigenvalue weighted by atomic mass is 16.2. The molecule has 0 radical (unpaired) electrons. The van der Waals surface area contributed by atoms with Crippen LogP contribution in [0.15, 0.2) is 66.7 Å². The van der Waals surface area contributed by atoms with Gasteiger partial charge in [-0.05, 0) is 122 Å². The van der Waals surface area contributed by atoms with E-state index >= 15 is 0 Å². The molecular formula is C46H47N3O3. The number of benzene rings is 6. The molecule has 6 aromatic rings. The Morgan fingerprint density at radius 3 is 1.75 bits per heavy atom. The first-order valence-electron chi connectivity index (χ1n) is 18.5. The Kier molecular flexibility index (Phi) is 8.73. The summed E-state index contributed by atoms with van der Waals surface area (Å²) in [5, 5.41) is 6.90. The highest BCUT2D eigenvalue weighted by molar-refractivity contribution is 6.40. The highest BCUT2D eigenvalue weighted by Gasteiger charge is 2.40. The van der Waals surface area contributed by atoms with Crippen molar-refractivity contribution in [3.63, 3.8) is 0 Å². The average Bonchev–Trinajstić information content (AvgIpc) is 3.09. The summed E-state index contributed by atoms with van der Waals surface area (Å²) in [5.74, 6) is 7.23. The van der Waals surface area contributed by atoms with E-state index in [-0.39, 0.29) is 29.7 Å². The molecule has 0 aromatic heterocycles. The fourth-order valence-electron chi connectivity index (χ4n) is 9.09. The Morgan fingerprint density at radius 1 is 0.635 bits per heavy atom. The Balaban J connectivity index is 1.63. The van der Waals surface area contributed by atoms with Gasteiger partial charge >= 0.3 is 0 Å². The first kappa shape index (κ1) is 35.0. The van der Waals surface area contributed by atoms with Crippen molar-refractivity contribution in [2.45, 2.75) is 67.9 Å². The number of imide groups is 1. The van der Waals surface area contributed by atoms with Gasteiger partial charge in [-0.15, -0.1) is 0 Å². The van der Waals surface area contributed by atoms with Gasteiger partial charge in [-0.2, -0.15) is 0 Å². The molecule has 7 rings (SSSR count). The van der Waals surface area contributed by atoms with E-state index in [0.717, 1.165) is 60.8 Å². The molecule has 6 nitrogen and oxygen atoms in total. The molecule has 0 atom stereocenters. The van der Waals surface area contributed by atoms with E-state index in [1.165, 1.54) is 4.90 Å². The number of nitrogen functional groups attached to an aromatic ring is 1. The van der Waals surface area contributed by atoms with Gasteiger partial charge in [-0.25, -0.2) is 0 Å². The minimum absolute atomic E-state index is 0.0914. The number of hydrogen-bond acceptors (Lipinski definition) is 4. The number of nitrogens with zero attached hydrogens (tertiary/aromatic N) is 1. The minimum Gasteiger partial charge on any atom is -0.399 e. The monoisotopic (exact) mass is 689 g/mol. The van der Waals surface area contributed by atoms with Crippen LogP contribution >= 0.6 is 0 Å². The smallest absolute Gasteiger partial charge is 0.261 e. The second kappa shape index (κ2) is 13.0. The molecule has 264 valence electrons. The Hall–Kier alpha value is -5.41. The summed E-state index contributed by atoms with van der Waals surface area (Å²) < 4.78 is 0. The Bertz CT molecular complexity index is 2460. The number of carbonyl (C=O) groups excluding carboxylic acids is 3. The normalized spacial score (nSPS) is 13.5. The van der Waals surface area contributed by atoms with Crippen molar-refractivity contribution in [2.24, 2.45) is 35.3 Å². The molecule has 3 amide bonds. The molecule has 0 saturated heterocycles. The second-order valence-corrected chi connectivity index (χ2v) is 16.0. The molecule has 6 aromatic carbocycles. The molecule has 6 heteroatoms. The Labute approximate surface area is 305 Å². The maximum atomic E-state index is 14.4. The van der Waals surface area contributed by atoms with Crippen molar-refractivity contribution in [1.82, 2.24) is 4.90 Å². The standard InChI is InChI=1S/C46H47N3O3/c1-23(2)37(24(3)4)22-29-21-28(12-9-27-10-13-30(47)14-11-27)38-33-17-20-36-41-35(45(51)49(46(36)52)43(25(5)6)26(7)8)19-16-31(40(33)41)32-15-18-34(44(48)50)39(29)42(32)38/h10-11,13-21,23-26,37,43H,22,47H2,1-8H3,(H2,48,50). The van der Waals surface area contributed by atoms with Crippen LogP contribution in [-0.2, 0) is 6.42 Å². The number of primary amides is 1. The fraction of sp³-hybridized carbons (Fsp3) is 0.326. The van der Waals surface area contributed by atoms with Crippen LogP contribution in [0.25, 0.3) is 43.1 Å². The van der Waals surface area contributed by atoms with Crippen LogP contribution in [0.4, 0.5) is 5.69 Å². The summed E-state index contributed by atoms with van der Waals surface area (Å²) >= 11 is 0. The predicted octanol–water partition coefficient (Wildman–Crippen LogP) is 9.57. The van der Waals surface area contributed by atoms with E-state index in [1.54, 1.807) is 0 Å². The van der Waals surface area contributed by atoms with Gasteiger partial charge in [0, 0.05) is 50.3 Å². The summed E-state index contributed by atoms with van der Waals surface area (Å²) in [6.45, 7) is 17.2. The van der Waals surface area contributed by atoms with E-state index in [1.807, 2.05) is 60.7 Å². The molecule has 0 aliphatic carbocycles. The zero-order chi connectivity index (χ0) is 37.3. The molecular weight excluding hydrogens is 643 g/mol. The highest BCUT2D eigenvalue weighted by Crippen LogP contribution is 2.47. The third kappa shape index (κ3) is 5.46. The number of nitrogens with two attached hydrogens (primary N) is 2. The molecule has 0 saturated carbocycles. The van der Waals surface area contributed by atoms with Crippen molar-refractivity contribution < 1.29 is 14.4 Å². The zero-order valence-electron chi connectivity index (χ0n) is 31.3. The molecule has 1 aliphatic heterocycles. The molecule has 0 fully saturated rings. The lowest BCUT2D eigenvalue weighted by Gasteiger charge is -2.38. The van der Waals surface area contributed by atoms with Gasteiger partial charge in [0.05, 0.1) is 0 Å². The average molecular weight is 690 g/mol. The lowest BCUT2D eigenvalue weighted by Crippen LogP contribution is -2.51. The van der Waals surface area contributed by atoms with E-state index < -0.39 is 5.91 Å². The lowest BCUT2D eigenvalue weighted by molar-refractivity contribution is 0.0436. The molecule has 52 heavy (non-hydrogen) atoms. The van der Waals surface area contributed by atoms with Crippen molar-refractivity contribution in [3.8, 4) is 11.8 Å². The summed E-state index contributed by atoms with van der Waals surface area (Å²) in [7, 11) is 0. The largest absolute Gasteiger partial charge is 0.399 e. The third-order valence-electron chi connectivity index (χ3n) is 11.3. The van der Waals surface area contributed by atoms with Crippen LogP contribution < -0.4 is 11.5 Å². The van der Waals surface area contributed by atoms with Crippen LogP contribution in [-0.4, -0.2) is 28.7 Å². The quantitative estimate of drug-likeness (QED) is 0.0546. The maximum Gasteiger partial charge on any atom is 0.261 e. The zero-order valence-corrected chi connectivity index (χ0v) is 31.3. The number of hydrogen-bond donors (Lipinski definition) is 2. The van der Waals surface area contributed by atoms with E-state index in [9.17, 15) is 14.4 Å². The minimum atomic E-state index is -0.484. The van der Waals surface area contributed by atoms with E-state index in [4.69, 9.17) is 11.5 Å². The van der Waals surface area contributed by atoms with Crippen molar-refractivity contribution in [2.75, 3.05) is 5.73 Å². The summed E-state index contributed by atoms with van der Waals surface area (Å²) in [6.07, 6.45) is 0.748. The number of anilines is 1. The summed E-state index contributed by atoms with van der Waals surface area (Å²) in [4.78, 5) is 43.4. The van der Waals surface area contributed by atoms with Crippen molar-refractivity contribution in [3.05, 3.63) is 100 Å². The topological polar surface area (TPSA) is 106 Å². The first-order chi connectivity index (χ1) is 24.7. The van der Waals surface area contributed by atoms with Gasteiger partial charge in [0.25, 0.3) is 11.8 Å². The SMILES string of the molecule is CC(C)C(Cc1cc(C#Cc2ccc(N)cc2)c2c3ccc4c5c(ccc(c6ccc(C(N)=O)c1c62)c53)C(=O)N(C(C(C)C)C(C)C)C4=O)C(C)C. The third-order valence-corrected chi connectivity index (χ3v) is 11.3. The van der Waals surface area contributed by atoms with E-state index in [2.05, 4.69) is 73.3 Å². The van der Waals surface area contributed by atoms with Crippen LogP contribution in [0.2, 0.25) is 0 Å². The maximum absolute atomic E-state index is 14.4. The molecule has 0 spiro atoms. The molecule has 4 N–H and O–H groups in total. The van der Waals surface area contributed by atoms with Crippen molar-refractivity contribution in [1.29, 1.82) is 0 Å². The van der Waals surface area contributed by atoms with Gasteiger partial charge in [0.2, 0.25) is 5.91 Å². The lowest BCUT2D eigenvalue weighted by atomic mass is 9.77. The van der Waals surface area contributed by atoms with Crippen LogP contribution in [0, 0.1) is 41.4 Å². The van der Waals surface area contributed by atoms with Gasteiger partial charge in [0.15, 0.2) is 0 Å².